The van der Waals surface area contributed by atoms with E-state index >= 15 is 0 Å². The van der Waals surface area contributed by atoms with E-state index in [0.29, 0.717) is 5.01 Å². The number of nitriles is 1. The van der Waals surface area contributed by atoms with Crippen LogP contribution in [-0.4, -0.2) is 21.0 Å². The third-order valence-corrected chi connectivity index (χ3v) is 3.37. The number of nitro groups is 1. The first-order valence-electron chi connectivity index (χ1n) is 5.61. The van der Waals surface area contributed by atoms with Crippen molar-refractivity contribution >= 4 is 28.7 Å². The first kappa shape index (κ1) is 14.4. The quantitative estimate of drug-likeness (QED) is 0.640. The molecule has 9 heteroatoms. The summed E-state index contributed by atoms with van der Waals surface area (Å²) in [6.45, 7) is 0.157. The van der Waals surface area contributed by atoms with Crippen molar-refractivity contribution in [1.82, 2.24) is 4.98 Å². The first-order chi connectivity index (χ1) is 10.0. The van der Waals surface area contributed by atoms with Crippen molar-refractivity contribution in [3.05, 3.63) is 50.0 Å². The molecule has 106 valence electrons. The summed E-state index contributed by atoms with van der Waals surface area (Å²) in [5.41, 5.74) is 0.149. The SMILES string of the molecule is N#Cc1ccc(NCc2nc(C(=O)O)cs2)c([N+](=O)[O-])c1. The summed E-state index contributed by atoms with van der Waals surface area (Å²) in [6, 6.07) is 5.90. The number of aromatic carboxylic acids is 1. The highest BCUT2D eigenvalue weighted by atomic mass is 32.1. The number of nitrogens with zero attached hydrogens (tertiary/aromatic N) is 3. The summed E-state index contributed by atoms with van der Waals surface area (Å²) in [6.07, 6.45) is 0. The minimum atomic E-state index is -1.12. The molecule has 0 aliphatic carbocycles. The second-order valence-corrected chi connectivity index (χ2v) is 4.83. The third kappa shape index (κ3) is 3.31. The molecule has 0 unspecified atom stereocenters. The summed E-state index contributed by atoms with van der Waals surface area (Å²) in [5, 5.41) is 33.2. The number of carbonyl (C=O) groups is 1. The lowest BCUT2D eigenvalue weighted by molar-refractivity contribution is -0.384. The lowest BCUT2D eigenvalue weighted by Gasteiger charge is -2.05. The smallest absolute Gasteiger partial charge is 0.355 e. The van der Waals surface area contributed by atoms with Gasteiger partial charge in [0, 0.05) is 11.4 Å². The van der Waals surface area contributed by atoms with Gasteiger partial charge in [-0.1, -0.05) is 0 Å². The monoisotopic (exact) mass is 304 g/mol. The predicted octanol–water partition coefficient (Wildman–Crippen LogP) is 2.23. The highest BCUT2D eigenvalue weighted by Crippen LogP contribution is 2.26. The van der Waals surface area contributed by atoms with Gasteiger partial charge in [-0.2, -0.15) is 5.26 Å². The van der Waals surface area contributed by atoms with E-state index in [-0.39, 0.29) is 29.2 Å². The minimum absolute atomic E-state index is 0.0638. The van der Waals surface area contributed by atoms with Crippen molar-refractivity contribution in [3.8, 4) is 6.07 Å². The third-order valence-electron chi connectivity index (χ3n) is 2.52. The number of hydrogen-bond donors (Lipinski definition) is 2. The zero-order valence-electron chi connectivity index (χ0n) is 10.4. The van der Waals surface area contributed by atoms with Crippen LogP contribution in [0.25, 0.3) is 0 Å². The topological polar surface area (TPSA) is 129 Å². The van der Waals surface area contributed by atoms with Crippen LogP contribution in [0.5, 0.6) is 0 Å². The molecule has 2 rings (SSSR count). The van der Waals surface area contributed by atoms with Crippen molar-refractivity contribution in [1.29, 1.82) is 5.26 Å². The van der Waals surface area contributed by atoms with Gasteiger partial charge in [-0.3, -0.25) is 10.1 Å². The van der Waals surface area contributed by atoms with Crippen molar-refractivity contribution < 1.29 is 14.8 Å². The Morgan fingerprint density at radius 2 is 2.33 bits per heavy atom. The van der Waals surface area contributed by atoms with E-state index in [1.807, 2.05) is 6.07 Å². The van der Waals surface area contributed by atoms with Crippen LogP contribution < -0.4 is 5.32 Å². The Hall–Kier alpha value is -2.99. The van der Waals surface area contributed by atoms with Crippen LogP contribution in [0.4, 0.5) is 11.4 Å². The molecular weight excluding hydrogens is 296 g/mol. The first-order valence-corrected chi connectivity index (χ1v) is 6.49. The van der Waals surface area contributed by atoms with Crippen LogP contribution >= 0.6 is 11.3 Å². The molecule has 0 bridgehead atoms. The highest BCUT2D eigenvalue weighted by Gasteiger charge is 2.15. The van der Waals surface area contributed by atoms with Crippen LogP contribution in [0.15, 0.2) is 23.6 Å². The van der Waals surface area contributed by atoms with E-state index in [9.17, 15) is 14.9 Å². The van der Waals surface area contributed by atoms with Gasteiger partial charge in [-0.05, 0) is 12.1 Å². The predicted molar refractivity (Wildman–Crippen MR) is 74.2 cm³/mol. The van der Waals surface area contributed by atoms with Gasteiger partial charge in [0.2, 0.25) is 0 Å². The summed E-state index contributed by atoms with van der Waals surface area (Å²) >= 11 is 1.14. The van der Waals surface area contributed by atoms with Crippen molar-refractivity contribution in [3.63, 3.8) is 0 Å². The molecule has 1 aromatic carbocycles. The molecule has 0 spiro atoms. The molecule has 0 radical (unpaired) electrons. The fourth-order valence-corrected chi connectivity index (χ4v) is 2.27. The second-order valence-electron chi connectivity index (χ2n) is 3.89. The zero-order valence-corrected chi connectivity index (χ0v) is 11.3. The molecule has 0 aliphatic heterocycles. The van der Waals surface area contributed by atoms with Crippen molar-refractivity contribution in [2.24, 2.45) is 0 Å². The largest absolute Gasteiger partial charge is 0.476 e. The number of hydrogen-bond acceptors (Lipinski definition) is 7. The van der Waals surface area contributed by atoms with E-state index < -0.39 is 10.9 Å². The molecule has 21 heavy (non-hydrogen) atoms. The molecule has 0 fully saturated rings. The van der Waals surface area contributed by atoms with Gasteiger partial charge in [0.15, 0.2) is 5.69 Å². The second kappa shape index (κ2) is 5.98. The van der Waals surface area contributed by atoms with Gasteiger partial charge in [-0.15, -0.1) is 11.3 Å². The van der Waals surface area contributed by atoms with Crippen molar-refractivity contribution in [2.45, 2.75) is 6.54 Å². The minimum Gasteiger partial charge on any atom is -0.476 e. The summed E-state index contributed by atoms with van der Waals surface area (Å²) in [4.78, 5) is 24.9. The van der Waals surface area contributed by atoms with Crippen LogP contribution in [0.1, 0.15) is 21.1 Å². The number of rotatable bonds is 5. The van der Waals surface area contributed by atoms with Gasteiger partial charge in [0.25, 0.3) is 5.69 Å². The van der Waals surface area contributed by atoms with Gasteiger partial charge < -0.3 is 10.4 Å². The van der Waals surface area contributed by atoms with Gasteiger partial charge >= 0.3 is 5.97 Å². The van der Waals surface area contributed by atoms with Gasteiger partial charge in [0.05, 0.1) is 23.1 Å². The lowest BCUT2D eigenvalue weighted by Crippen LogP contribution is -2.04. The summed E-state index contributed by atoms with van der Waals surface area (Å²) in [5.74, 6) is -1.12. The summed E-state index contributed by atoms with van der Waals surface area (Å²) < 4.78 is 0. The average molecular weight is 304 g/mol. The van der Waals surface area contributed by atoms with Crippen molar-refractivity contribution in [2.75, 3.05) is 5.32 Å². The Morgan fingerprint density at radius 1 is 1.57 bits per heavy atom. The fraction of sp³-hybridized carbons (Fsp3) is 0.0833. The molecule has 0 saturated heterocycles. The average Bonchev–Trinajstić information content (AvgIpc) is 2.94. The number of anilines is 1. The Bertz CT molecular complexity index is 750. The Morgan fingerprint density at radius 3 is 2.90 bits per heavy atom. The van der Waals surface area contributed by atoms with Crippen LogP contribution in [0, 0.1) is 21.4 Å². The number of benzene rings is 1. The maximum atomic E-state index is 11.0. The standard InChI is InChI=1S/C12H8N4O4S/c13-4-7-1-2-8(10(3-7)16(19)20)14-5-11-15-9(6-21-11)12(17)18/h1-3,6,14H,5H2,(H,17,18). The number of thiazole rings is 1. The number of nitrogens with one attached hydrogen (secondary N) is 1. The molecular formula is C12H8N4O4S. The lowest BCUT2D eigenvalue weighted by atomic mass is 10.2. The van der Waals surface area contributed by atoms with Gasteiger partial charge in [0.1, 0.15) is 10.7 Å². The number of carboxylic acids is 1. The molecule has 2 N–H and O–H groups in total. The molecule has 8 nitrogen and oxygen atoms in total. The number of carboxylic acid groups (broad SMARTS) is 1. The highest BCUT2D eigenvalue weighted by molar-refractivity contribution is 7.09. The molecule has 2 aromatic rings. The molecule has 1 aromatic heterocycles. The Kier molecular flexibility index (Phi) is 4.10. The van der Waals surface area contributed by atoms with Crippen LogP contribution in [0.2, 0.25) is 0 Å². The maximum absolute atomic E-state index is 11.0. The number of aromatic nitrogens is 1. The van der Waals surface area contributed by atoms with E-state index in [1.165, 1.54) is 23.6 Å². The van der Waals surface area contributed by atoms with Crippen LogP contribution in [0.3, 0.4) is 0 Å². The number of nitro benzene ring substituents is 1. The molecule has 0 amide bonds. The molecule has 0 atom stereocenters. The Labute approximate surface area is 122 Å². The van der Waals surface area contributed by atoms with E-state index in [2.05, 4.69) is 10.3 Å². The molecule has 0 aliphatic rings. The van der Waals surface area contributed by atoms with E-state index in [0.717, 1.165) is 11.3 Å². The van der Waals surface area contributed by atoms with Gasteiger partial charge in [-0.25, -0.2) is 9.78 Å². The molecule has 0 saturated carbocycles. The Balaban J connectivity index is 2.17. The van der Waals surface area contributed by atoms with E-state index in [4.69, 9.17) is 10.4 Å². The maximum Gasteiger partial charge on any atom is 0.355 e. The fourth-order valence-electron chi connectivity index (χ4n) is 1.56. The van der Waals surface area contributed by atoms with E-state index in [1.54, 1.807) is 0 Å². The van der Waals surface area contributed by atoms with Crippen LogP contribution in [-0.2, 0) is 6.54 Å². The zero-order chi connectivity index (χ0) is 15.4. The molecule has 1 heterocycles. The normalized spacial score (nSPS) is 9.86. The summed E-state index contributed by atoms with van der Waals surface area (Å²) in [7, 11) is 0.